The number of rotatable bonds is 7. The fraction of sp³-hybridized carbons (Fsp3) is 0.619. The average Bonchev–Trinajstić information content (AvgIpc) is 3.09. The number of hydrogen-bond donors (Lipinski definition) is 0. The molecule has 1 spiro atoms. The lowest BCUT2D eigenvalue weighted by Crippen LogP contribution is -2.51. The second-order valence-corrected chi connectivity index (χ2v) is 7.57. The molecule has 2 amide bonds. The Kier molecular flexibility index (Phi) is 6.30. The van der Waals surface area contributed by atoms with Crippen molar-refractivity contribution in [1.82, 2.24) is 9.80 Å². The van der Waals surface area contributed by atoms with E-state index in [1.807, 2.05) is 28.0 Å². The Morgan fingerprint density at radius 1 is 1.19 bits per heavy atom. The second-order valence-electron chi connectivity index (χ2n) is 7.57. The van der Waals surface area contributed by atoms with E-state index in [4.69, 9.17) is 4.74 Å². The van der Waals surface area contributed by atoms with Crippen LogP contribution in [-0.2, 0) is 20.7 Å². The summed E-state index contributed by atoms with van der Waals surface area (Å²) in [6.07, 6.45) is 5.08. The van der Waals surface area contributed by atoms with Crippen molar-refractivity contribution in [2.24, 2.45) is 5.41 Å². The molecule has 0 unspecified atom stereocenters. The Morgan fingerprint density at radius 3 is 2.77 bits per heavy atom. The maximum absolute atomic E-state index is 13.0. The van der Waals surface area contributed by atoms with Crippen LogP contribution in [0.3, 0.4) is 0 Å². The summed E-state index contributed by atoms with van der Waals surface area (Å²) < 4.78 is 5.13. The number of aryl methyl sites for hydroxylation is 1. The molecule has 0 radical (unpaired) electrons. The van der Waals surface area contributed by atoms with Crippen LogP contribution in [0.5, 0.6) is 0 Å². The van der Waals surface area contributed by atoms with Crippen LogP contribution in [0.2, 0.25) is 0 Å². The largest absolute Gasteiger partial charge is 0.383 e. The van der Waals surface area contributed by atoms with E-state index in [1.165, 1.54) is 5.56 Å². The summed E-state index contributed by atoms with van der Waals surface area (Å²) in [5.74, 6) is 0.417. The molecule has 1 atom stereocenters. The van der Waals surface area contributed by atoms with Crippen LogP contribution in [0.4, 0.5) is 0 Å². The minimum absolute atomic E-state index is 0.194. The molecule has 0 aromatic heterocycles. The minimum Gasteiger partial charge on any atom is -0.383 e. The molecule has 2 aliphatic rings. The van der Waals surface area contributed by atoms with Gasteiger partial charge in [-0.1, -0.05) is 30.3 Å². The van der Waals surface area contributed by atoms with Crippen LogP contribution in [0.1, 0.15) is 37.7 Å². The van der Waals surface area contributed by atoms with Crippen LogP contribution in [0.25, 0.3) is 0 Å². The number of methoxy groups -OCH3 is 1. The van der Waals surface area contributed by atoms with Gasteiger partial charge in [0.1, 0.15) is 0 Å². The van der Waals surface area contributed by atoms with Gasteiger partial charge in [-0.25, -0.2) is 0 Å². The van der Waals surface area contributed by atoms with Crippen LogP contribution in [0.15, 0.2) is 30.3 Å². The van der Waals surface area contributed by atoms with Crippen molar-refractivity contribution in [2.75, 3.05) is 39.9 Å². The van der Waals surface area contributed by atoms with Crippen LogP contribution < -0.4 is 0 Å². The quantitative estimate of drug-likeness (QED) is 0.752. The lowest BCUT2D eigenvalue weighted by Gasteiger charge is -2.39. The molecule has 142 valence electrons. The van der Waals surface area contributed by atoms with Crippen LogP contribution in [-0.4, -0.2) is 61.5 Å². The van der Waals surface area contributed by atoms with E-state index in [0.717, 1.165) is 38.6 Å². The minimum atomic E-state index is -0.346. The van der Waals surface area contributed by atoms with Gasteiger partial charge in [-0.3, -0.25) is 9.59 Å². The summed E-state index contributed by atoms with van der Waals surface area (Å²) >= 11 is 0. The maximum atomic E-state index is 13.0. The smallest absolute Gasteiger partial charge is 0.230 e. The van der Waals surface area contributed by atoms with Crippen molar-refractivity contribution in [3.8, 4) is 0 Å². The number of likely N-dealkylation sites (tertiary alicyclic amines) is 2. The molecule has 1 aromatic carbocycles. The number of amides is 2. The highest BCUT2D eigenvalue weighted by atomic mass is 16.5. The van der Waals surface area contributed by atoms with Crippen molar-refractivity contribution in [1.29, 1.82) is 0 Å². The summed E-state index contributed by atoms with van der Waals surface area (Å²) in [5, 5.41) is 0. The third kappa shape index (κ3) is 4.26. The Morgan fingerprint density at radius 2 is 2.00 bits per heavy atom. The van der Waals surface area contributed by atoms with Gasteiger partial charge >= 0.3 is 0 Å². The molecule has 2 aliphatic heterocycles. The van der Waals surface area contributed by atoms with E-state index in [1.54, 1.807) is 7.11 Å². The number of hydrogen-bond acceptors (Lipinski definition) is 3. The van der Waals surface area contributed by atoms with Gasteiger partial charge in [0, 0.05) is 39.7 Å². The molecular formula is C21H30N2O3. The Hall–Kier alpha value is -1.88. The van der Waals surface area contributed by atoms with Crippen molar-refractivity contribution >= 4 is 11.8 Å². The third-order valence-corrected chi connectivity index (χ3v) is 5.80. The summed E-state index contributed by atoms with van der Waals surface area (Å²) in [4.78, 5) is 29.4. The molecule has 26 heavy (non-hydrogen) atoms. The summed E-state index contributed by atoms with van der Waals surface area (Å²) in [5.41, 5.74) is 0.926. The molecule has 1 aromatic rings. The Bertz CT molecular complexity index is 619. The zero-order valence-corrected chi connectivity index (χ0v) is 15.8. The third-order valence-electron chi connectivity index (χ3n) is 5.80. The van der Waals surface area contributed by atoms with E-state index in [9.17, 15) is 9.59 Å². The summed E-state index contributed by atoms with van der Waals surface area (Å²) in [6, 6.07) is 10.3. The number of carbonyl (C=O) groups excluding carboxylic acids is 2. The van der Waals surface area contributed by atoms with Crippen LogP contribution in [0, 0.1) is 5.41 Å². The van der Waals surface area contributed by atoms with Gasteiger partial charge in [0.05, 0.1) is 12.0 Å². The zero-order valence-electron chi connectivity index (χ0n) is 15.8. The first kappa shape index (κ1) is 18.9. The fourth-order valence-electron chi connectivity index (χ4n) is 4.28. The summed E-state index contributed by atoms with van der Waals surface area (Å²) in [6.45, 7) is 3.36. The Balaban J connectivity index is 1.50. The highest BCUT2D eigenvalue weighted by Gasteiger charge is 2.49. The van der Waals surface area contributed by atoms with E-state index in [0.29, 0.717) is 32.7 Å². The molecule has 5 heteroatoms. The van der Waals surface area contributed by atoms with Crippen molar-refractivity contribution in [3.05, 3.63) is 35.9 Å². The monoisotopic (exact) mass is 358 g/mol. The van der Waals surface area contributed by atoms with Crippen molar-refractivity contribution in [2.45, 2.75) is 38.5 Å². The first-order chi connectivity index (χ1) is 12.6. The van der Waals surface area contributed by atoms with Crippen molar-refractivity contribution < 1.29 is 14.3 Å². The zero-order chi connectivity index (χ0) is 18.4. The van der Waals surface area contributed by atoms with E-state index < -0.39 is 0 Å². The molecule has 2 fully saturated rings. The van der Waals surface area contributed by atoms with E-state index in [-0.39, 0.29) is 17.2 Å². The van der Waals surface area contributed by atoms with Gasteiger partial charge in [-0.05, 0) is 37.7 Å². The standard InChI is InChI=1S/C21H30N2O3/c1-26-16-15-22-13-6-11-21(20(22)25)12-14-23(17-21)19(24)10-5-9-18-7-3-2-4-8-18/h2-4,7-8H,5-6,9-17H2,1H3/t21-/m0/s1. The fourth-order valence-corrected chi connectivity index (χ4v) is 4.28. The second kappa shape index (κ2) is 8.67. The summed E-state index contributed by atoms with van der Waals surface area (Å²) in [7, 11) is 1.66. The van der Waals surface area contributed by atoms with E-state index in [2.05, 4.69) is 12.1 Å². The van der Waals surface area contributed by atoms with Gasteiger partial charge in [0.25, 0.3) is 0 Å². The van der Waals surface area contributed by atoms with Gasteiger partial charge < -0.3 is 14.5 Å². The predicted molar refractivity (Wildman–Crippen MR) is 101 cm³/mol. The number of benzene rings is 1. The Labute approximate surface area is 156 Å². The SMILES string of the molecule is COCCN1CCC[C@@]2(CCN(C(=O)CCCc3ccccc3)C2)C1=O. The van der Waals surface area contributed by atoms with Gasteiger partial charge in [0.2, 0.25) is 11.8 Å². The highest BCUT2D eigenvalue weighted by molar-refractivity contribution is 5.86. The number of nitrogens with zero attached hydrogens (tertiary/aromatic N) is 2. The van der Waals surface area contributed by atoms with Gasteiger partial charge in [0.15, 0.2) is 0 Å². The average molecular weight is 358 g/mol. The van der Waals surface area contributed by atoms with Crippen LogP contribution >= 0.6 is 0 Å². The molecule has 3 rings (SSSR count). The molecule has 0 aliphatic carbocycles. The lowest BCUT2D eigenvalue weighted by molar-refractivity contribution is -0.146. The van der Waals surface area contributed by atoms with Gasteiger partial charge in [-0.15, -0.1) is 0 Å². The molecule has 5 nitrogen and oxygen atoms in total. The highest BCUT2D eigenvalue weighted by Crippen LogP contribution is 2.40. The van der Waals surface area contributed by atoms with Gasteiger partial charge in [-0.2, -0.15) is 0 Å². The molecular weight excluding hydrogens is 328 g/mol. The molecule has 0 saturated carbocycles. The first-order valence-electron chi connectivity index (χ1n) is 9.75. The molecule has 0 bridgehead atoms. The number of ether oxygens (including phenoxy) is 1. The number of carbonyl (C=O) groups is 2. The van der Waals surface area contributed by atoms with Crippen molar-refractivity contribution in [3.63, 3.8) is 0 Å². The predicted octanol–water partition coefficient (Wildman–Crippen LogP) is 2.50. The normalized spacial score (nSPS) is 23.0. The molecule has 2 saturated heterocycles. The first-order valence-corrected chi connectivity index (χ1v) is 9.75. The topological polar surface area (TPSA) is 49.9 Å². The molecule has 0 N–H and O–H groups in total. The van der Waals surface area contributed by atoms with E-state index >= 15 is 0 Å². The molecule has 2 heterocycles. The lowest BCUT2D eigenvalue weighted by atomic mass is 9.78. The maximum Gasteiger partial charge on any atom is 0.230 e. The number of piperidine rings is 1.